The minimum atomic E-state index is 0.812. The van der Waals surface area contributed by atoms with Gasteiger partial charge in [-0.05, 0) is 30.2 Å². The molecule has 0 aliphatic carbocycles. The Kier molecular flexibility index (Phi) is 4.25. The van der Waals surface area contributed by atoms with E-state index >= 15 is 0 Å². The first-order valence-electron chi connectivity index (χ1n) is 7.90. The van der Waals surface area contributed by atoms with Gasteiger partial charge in [0.15, 0.2) is 5.13 Å². The van der Waals surface area contributed by atoms with Gasteiger partial charge in [0.05, 0.1) is 16.8 Å². The molecule has 0 saturated heterocycles. The molecule has 0 fully saturated rings. The molecule has 1 radical (unpaired) electrons. The van der Waals surface area contributed by atoms with Crippen molar-refractivity contribution in [2.45, 2.75) is 6.42 Å². The largest absolute Gasteiger partial charge is 0.355 e. The number of guanidine groups is 1. The fourth-order valence-corrected chi connectivity index (χ4v) is 3.53. The van der Waals surface area contributed by atoms with Gasteiger partial charge in [-0.2, -0.15) is 0 Å². The van der Waals surface area contributed by atoms with Crippen LogP contribution in [0.25, 0.3) is 10.2 Å². The lowest BCUT2D eigenvalue weighted by molar-refractivity contribution is 0.847. The quantitative estimate of drug-likeness (QED) is 0.785. The van der Waals surface area contributed by atoms with E-state index < -0.39 is 0 Å². The molecule has 3 aromatic rings. The van der Waals surface area contributed by atoms with Crippen LogP contribution in [-0.4, -0.2) is 17.5 Å². The van der Waals surface area contributed by atoms with E-state index in [1.807, 2.05) is 41.8 Å². The van der Waals surface area contributed by atoms with E-state index in [4.69, 9.17) is 4.98 Å². The minimum Gasteiger partial charge on any atom is -0.355 e. The number of nitrogens with zero attached hydrogens (tertiary/aromatic N) is 3. The number of nitrogens with one attached hydrogen (secondary N) is 1. The van der Waals surface area contributed by atoms with E-state index in [2.05, 4.69) is 40.6 Å². The number of anilines is 1. The number of aliphatic imine (C=N–C) groups is 1. The third-order valence-electron chi connectivity index (χ3n) is 3.77. The second-order valence-corrected chi connectivity index (χ2v) is 6.45. The van der Waals surface area contributed by atoms with Crippen LogP contribution in [0.1, 0.15) is 5.56 Å². The van der Waals surface area contributed by atoms with Crippen LogP contribution in [0.2, 0.25) is 0 Å². The summed E-state index contributed by atoms with van der Waals surface area (Å²) in [6, 6.07) is 18.6. The summed E-state index contributed by atoms with van der Waals surface area (Å²) in [7, 11) is 0. The number of rotatable bonds is 4. The maximum atomic E-state index is 4.71. The Hall–Kier alpha value is -2.66. The first kappa shape index (κ1) is 14.9. The molecule has 0 amide bonds. The number of fused-ring (bicyclic) bond motifs is 1. The third kappa shape index (κ3) is 3.16. The van der Waals surface area contributed by atoms with Gasteiger partial charge in [-0.3, -0.25) is 4.90 Å². The van der Waals surface area contributed by atoms with Crippen molar-refractivity contribution in [3.63, 3.8) is 0 Å². The monoisotopic (exact) mass is 333 g/mol. The van der Waals surface area contributed by atoms with Crippen molar-refractivity contribution < 1.29 is 0 Å². The number of benzene rings is 2. The van der Waals surface area contributed by atoms with Gasteiger partial charge in [-0.1, -0.05) is 53.8 Å². The van der Waals surface area contributed by atoms with Gasteiger partial charge in [0.1, 0.15) is 0 Å². The highest BCUT2D eigenvalue weighted by Crippen LogP contribution is 2.30. The Balaban J connectivity index is 1.48. The van der Waals surface area contributed by atoms with Crippen molar-refractivity contribution >= 4 is 32.6 Å². The summed E-state index contributed by atoms with van der Waals surface area (Å²) in [6.07, 6.45) is 4.68. The summed E-state index contributed by atoms with van der Waals surface area (Å²) < 4.78 is 1.18. The molecular formula is C19H17N4S. The van der Waals surface area contributed by atoms with Gasteiger partial charge in [0.25, 0.3) is 0 Å². The fourth-order valence-electron chi connectivity index (χ4n) is 2.58. The molecule has 24 heavy (non-hydrogen) atoms. The highest BCUT2D eigenvalue weighted by atomic mass is 32.1. The molecule has 5 heteroatoms. The van der Waals surface area contributed by atoms with Crippen molar-refractivity contribution in [1.29, 1.82) is 0 Å². The molecule has 4 nitrogen and oxygen atoms in total. The van der Waals surface area contributed by atoms with Crippen molar-refractivity contribution in [2.24, 2.45) is 4.99 Å². The summed E-state index contributed by atoms with van der Waals surface area (Å²) in [5.74, 6) is 0.812. The second kappa shape index (κ2) is 6.84. The molecule has 4 rings (SSSR count). The molecule has 0 atom stereocenters. The van der Waals surface area contributed by atoms with Gasteiger partial charge in [0, 0.05) is 12.7 Å². The smallest absolute Gasteiger partial charge is 0.205 e. The van der Waals surface area contributed by atoms with Crippen molar-refractivity contribution in [2.75, 3.05) is 11.4 Å². The molecule has 1 aliphatic heterocycles. The Morgan fingerprint density at radius 3 is 2.71 bits per heavy atom. The number of thiazole rings is 1. The molecule has 0 bridgehead atoms. The third-order valence-corrected chi connectivity index (χ3v) is 4.81. The van der Waals surface area contributed by atoms with Crippen LogP contribution in [0.4, 0.5) is 5.13 Å². The van der Waals surface area contributed by atoms with E-state index in [0.717, 1.165) is 29.6 Å². The normalized spacial score (nSPS) is 14.0. The lowest BCUT2D eigenvalue weighted by Gasteiger charge is -2.24. The number of hydrogen-bond acceptors (Lipinski definition) is 5. The predicted molar refractivity (Wildman–Crippen MR) is 101 cm³/mol. The second-order valence-electron chi connectivity index (χ2n) is 5.44. The van der Waals surface area contributed by atoms with E-state index in [9.17, 15) is 0 Å². The van der Waals surface area contributed by atoms with Crippen molar-refractivity contribution in [1.82, 2.24) is 10.3 Å². The Bertz CT molecular complexity index is 850. The van der Waals surface area contributed by atoms with Crippen LogP contribution in [0.15, 0.2) is 71.9 Å². The Labute approximate surface area is 145 Å². The van der Waals surface area contributed by atoms with Gasteiger partial charge < -0.3 is 5.32 Å². The number of para-hydroxylation sites is 1. The van der Waals surface area contributed by atoms with Gasteiger partial charge in [-0.25, -0.2) is 9.98 Å². The SMILES string of the molecule is [CH]1C=CN=C(NCCc2ccccc2)N1c1nc2ccccc2s1. The first-order chi connectivity index (χ1) is 11.9. The molecule has 1 aromatic heterocycles. The summed E-state index contributed by atoms with van der Waals surface area (Å²) in [4.78, 5) is 11.2. The van der Waals surface area contributed by atoms with Crippen molar-refractivity contribution in [3.05, 3.63) is 79.0 Å². The molecule has 0 unspecified atom stereocenters. The number of aromatic nitrogens is 1. The lowest BCUT2D eigenvalue weighted by Crippen LogP contribution is -2.41. The maximum Gasteiger partial charge on any atom is 0.205 e. The molecule has 0 spiro atoms. The van der Waals surface area contributed by atoms with Crippen molar-refractivity contribution in [3.8, 4) is 0 Å². The van der Waals surface area contributed by atoms with E-state index in [1.54, 1.807) is 17.5 Å². The van der Waals surface area contributed by atoms with Crippen LogP contribution < -0.4 is 10.2 Å². The highest BCUT2D eigenvalue weighted by Gasteiger charge is 2.18. The predicted octanol–water partition coefficient (Wildman–Crippen LogP) is 3.98. The summed E-state index contributed by atoms with van der Waals surface area (Å²) in [6.45, 7) is 2.82. The molecule has 119 valence electrons. The van der Waals surface area contributed by atoms with Gasteiger partial charge in [-0.15, -0.1) is 0 Å². The van der Waals surface area contributed by atoms with E-state index in [0.29, 0.717) is 0 Å². The van der Waals surface area contributed by atoms with Crippen LogP contribution >= 0.6 is 11.3 Å². The molecule has 1 aliphatic rings. The lowest BCUT2D eigenvalue weighted by atomic mass is 10.1. The number of hydrogen-bond donors (Lipinski definition) is 1. The van der Waals surface area contributed by atoms with Gasteiger partial charge >= 0.3 is 0 Å². The minimum absolute atomic E-state index is 0.812. The summed E-state index contributed by atoms with van der Waals surface area (Å²) >= 11 is 1.67. The van der Waals surface area contributed by atoms with Crippen LogP contribution in [0.5, 0.6) is 0 Å². The summed E-state index contributed by atoms with van der Waals surface area (Å²) in [5.41, 5.74) is 2.33. The molecular weight excluding hydrogens is 316 g/mol. The van der Waals surface area contributed by atoms with Gasteiger partial charge in [0.2, 0.25) is 5.96 Å². The topological polar surface area (TPSA) is 40.5 Å². The molecule has 2 heterocycles. The summed E-state index contributed by atoms with van der Waals surface area (Å²) in [5, 5.41) is 4.35. The zero-order valence-corrected chi connectivity index (χ0v) is 13.9. The highest BCUT2D eigenvalue weighted by molar-refractivity contribution is 7.22. The Morgan fingerprint density at radius 2 is 1.83 bits per heavy atom. The standard InChI is InChI=1S/C19H17N4S/c1-2-7-15(8-3-1)11-13-21-18-20-12-6-14-23(18)19-22-16-9-4-5-10-17(16)24-19/h1-10,12,14H,11,13H2,(H,20,21). The van der Waals surface area contributed by atoms with Crippen LogP contribution in [0.3, 0.4) is 0 Å². The maximum absolute atomic E-state index is 4.71. The van der Waals surface area contributed by atoms with Crippen LogP contribution in [0, 0.1) is 6.54 Å². The van der Waals surface area contributed by atoms with E-state index in [-0.39, 0.29) is 0 Å². The van der Waals surface area contributed by atoms with Crippen LogP contribution in [-0.2, 0) is 6.42 Å². The average molecular weight is 333 g/mol. The zero-order valence-electron chi connectivity index (χ0n) is 13.1. The fraction of sp³-hybridized carbons (Fsp3) is 0.105. The molecule has 2 aromatic carbocycles. The molecule has 0 saturated carbocycles. The first-order valence-corrected chi connectivity index (χ1v) is 8.72. The van der Waals surface area contributed by atoms with E-state index in [1.165, 1.54) is 10.3 Å². The molecule has 1 N–H and O–H groups in total. The Morgan fingerprint density at radius 1 is 1.00 bits per heavy atom. The average Bonchev–Trinajstić information content (AvgIpc) is 3.07. The zero-order chi connectivity index (χ0) is 16.2.